The van der Waals surface area contributed by atoms with Crippen LogP contribution in [0.2, 0.25) is 5.15 Å². The first-order valence-electron chi connectivity index (χ1n) is 17.1. The van der Waals surface area contributed by atoms with Crippen LogP contribution in [-0.4, -0.2) is 114 Å². The van der Waals surface area contributed by atoms with Crippen LogP contribution in [0.4, 0.5) is 21.2 Å². The summed E-state index contributed by atoms with van der Waals surface area (Å²) in [6.45, 7) is 4.09. The van der Waals surface area contributed by atoms with E-state index < -0.39 is 18.1 Å². The summed E-state index contributed by atoms with van der Waals surface area (Å²) < 4.78 is 31.4. The number of nitrogens with zero attached hydrogens (tertiary/aromatic N) is 2. The van der Waals surface area contributed by atoms with Gasteiger partial charge in [0.1, 0.15) is 25.6 Å². The van der Waals surface area contributed by atoms with Gasteiger partial charge in [-0.2, -0.15) is 0 Å². The molecule has 9 N–H and O–H groups in total. The van der Waals surface area contributed by atoms with Crippen LogP contribution in [0.15, 0.2) is 24.3 Å². The Kier molecular flexibility index (Phi) is 22.6. The van der Waals surface area contributed by atoms with Crippen molar-refractivity contribution in [3.8, 4) is 5.75 Å². The van der Waals surface area contributed by atoms with Gasteiger partial charge in [-0.25, -0.2) is 19.6 Å². The maximum Gasteiger partial charge on any atom is 0.407 e. The SMILES string of the molecule is COCCOCCOC(=O)NCCCCCCNC(=O)OCCOCCOc1ccc(CCCCNC(=N)NC(=O)c2nc(Cl)c(N)nc2N)cc1. The number of nitrogens with two attached hydrogens (primary N) is 2. The molecule has 0 unspecified atom stereocenters. The number of alkyl carbamates (subject to hydrolysis) is 2. The largest absolute Gasteiger partial charge is 0.491 e. The average molecular weight is 754 g/mol. The maximum atomic E-state index is 12.3. The molecule has 0 aliphatic heterocycles. The van der Waals surface area contributed by atoms with E-state index in [9.17, 15) is 14.4 Å². The number of nitrogens with one attached hydrogen (secondary N) is 5. The van der Waals surface area contributed by atoms with Gasteiger partial charge in [-0.1, -0.05) is 36.6 Å². The van der Waals surface area contributed by atoms with Crippen LogP contribution in [0.3, 0.4) is 0 Å². The molecular formula is C33H52ClN9O9. The number of rotatable bonds is 26. The summed E-state index contributed by atoms with van der Waals surface area (Å²) >= 11 is 5.80. The van der Waals surface area contributed by atoms with Crippen molar-refractivity contribution in [2.24, 2.45) is 0 Å². The second-order valence-corrected chi connectivity index (χ2v) is 11.5. The van der Waals surface area contributed by atoms with E-state index in [-0.39, 0.29) is 48.3 Å². The molecule has 0 radical (unpaired) electrons. The lowest BCUT2D eigenvalue weighted by Gasteiger charge is -2.11. The van der Waals surface area contributed by atoms with Gasteiger partial charge in [0.2, 0.25) is 0 Å². The maximum absolute atomic E-state index is 12.3. The Balaban J connectivity index is 1.38. The van der Waals surface area contributed by atoms with Gasteiger partial charge in [0, 0.05) is 26.7 Å². The molecule has 0 fully saturated rings. The third-order valence-corrected chi connectivity index (χ3v) is 7.25. The van der Waals surface area contributed by atoms with Crippen molar-refractivity contribution in [3.63, 3.8) is 0 Å². The number of guanidine groups is 1. The monoisotopic (exact) mass is 753 g/mol. The van der Waals surface area contributed by atoms with Gasteiger partial charge in [-0.3, -0.25) is 15.5 Å². The number of aromatic nitrogens is 2. The van der Waals surface area contributed by atoms with Gasteiger partial charge in [-0.05, 0) is 49.8 Å². The Bertz CT molecular complexity index is 1360. The van der Waals surface area contributed by atoms with E-state index >= 15 is 0 Å². The lowest BCUT2D eigenvalue weighted by atomic mass is 10.1. The molecule has 0 bridgehead atoms. The first-order valence-corrected chi connectivity index (χ1v) is 17.5. The number of hydrogen-bond donors (Lipinski definition) is 7. The number of amides is 3. The molecule has 0 spiro atoms. The van der Waals surface area contributed by atoms with E-state index in [0.717, 1.165) is 56.3 Å². The number of benzene rings is 1. The molecule has 2 aromatic rings. The zero-order chi connectivity index (χ0) is 37.8. The topological polar surface area (TPSA) is 256 Å². The molecule has 1 aromatic carbocycles. The second-order valence-electron chi connectivity index (χ2n) is 11.1. The predicted molar refractivity (Wildman–Crippen MR) is 195 cm³/mol. The molecule has 1 heterocycles. The van der Waals surface area contributed by atoms with E-state index in [1.54, 1.807) is 7.11 Å². The van der Waals surface area contributed by atoms with Gasteiger partial charge >= 0.3 is 12.2 Å². The number of carbonyl (C=O) groups is 3. The summed E-state index contributed by atoms with van der Waals surface area (Å²) in [4.78, 5) is 43.2. The minimum absolute atomic E-state index is 0.0826. The van der Waals surface area contributed by atoms with Gasteiger partial charge in [0.05, 0.1) is 33.0 Å². The number of methoxy groups -OCH3 is 1. The molecule has 0 saturated carbocycles. The molecule has 0 aliphatic rings. The first kappa shape index (κ1) is 43.5. The normalized spacial score (nSPS) is 10.7. The highest BCUT2D eigenvalue weighted by Gasteiger charge is 2.17. The number of anilines is 2. The summed E-state index contributed by atoms with van der Waals surface area (Å²) in [6.07, 6.45) is 4.94. The predicted octanol–water partition coefficient (Wildman–Crippen LogP) is 2.64. The first-order chi connectivity index (χ1) is 25.2. The average Bonchev–Trinajstić information content (AvgIpc) is 3.12. The van der Waals surface area contributed by atoms with E-state index in [1.165, 1.54) is 0 Å². The highest BCUT2D eigenvalue weighted by atomic mass is 35.5. The molecule has 0 atom stereocenters. The highest BCUT2D eigenvalue weighted by Crippen LogP contribution is 2.17. The Hall–Kier alpha value is -4.65. The number of ether oxygens (including phenoxy) is 6. The van der Waals surface area contributed by atoms with E-state index in [0.29, 0.717) is 52.7 Å². The van der Waals surface area contributed by atoms with Crippen molar-refractivity contribution in [3.05, 3.63) is 40.7 Å². The molecule has 0 aliphatic carbocycles. The number of unbranched alkanes of at least 4 members (excludes halogenated alkanes) is 4. The lowest BCUT2D eigenvalue weighted by Crippen LogP contribution is -2.41. The second kappa shape index (κ2) is 27.1. The smallest absolute Gasteiger partial charge is 0.407 e. The van der Waals surface area contributed by atoms with Crippen LogP contribution in [0.25, 0.3) is 0 Å². The number of halogens is 1. The fourth-order valence-electron chi connectivity index (χ4n) is 4.28. The van der Waals surface area contributed by atoms with Crippen molar-refractivity contribution in [2.75, 3.05) is 91.1 Å². The van der Waals surface area contributed by atoms with Gasteiger partial charge in [0.15, 0.2) is 28.4 Å². The zero-order valence-electron chi connectivity index (χ0n) is 29.6. The number of nitrogen functional groups attached to an aromatic ring is 2. The zero-order valence-corrected chi connectivity index (χ0v) is 30.4. The Morgan fingerprint density at radius 1 is 0.712 bits per heavy atom. The van der Waals surface area contributed by atoms with Crippen molar-refractivity contribution in [1.82, 2.24) is 31.2 Å². The summed E-state index contributed by atoms with van der Waals surface area (Å²) in [5.41, 5.74) is 12.1. The van der Waals surface area contributed by atoms with Crippen LogP contribution in [0, 0.1) is 5.41 Å². The molecule has 2 rings (SSSR count). The summed E-state index contributed by atoms with van der Waals surface area (Å²) in [5.74, 6) is -0.449. The number of carbonyl (C=O) groups excluding carboxylic acids is 3. The van der Waals surface area contributed by atoms with Gasteiger partial charge in [0.25, 0.3) is 5.91 Å². The molecule has 1 aromatic heterocycles. The van der Waals surface area contributed by atoms with Crippen LogP contribution >= 0.6 is 11.6 Å². The Labute approximate surface area is 308 Å². The Morgan fingerprint density at radius 3 is 1.88 bits per heavy atom. The van der Waals surface area contributed by atoms with Gasteiger partial charge in [-0.15, -0.1) is 0 Å². The summed E-state index contributed by atoms with van der Waals surface area (Å²) in [5, 5.41) is 18.3. The van der Waals surface area contributed by atoms with Crippen LogP contribution in [-0.2, 0) is 30.1 Å². The fourth-order valence-corrected chi connectivity index (χ4v) is 4.41. The summed E-state index contributed by atoms with van der Waals surface area (Å²) in [6, 6.07) is 7.76. The van der Waals surface area contributed by atoms with Gasteiger partial charge < -0.3 is 55.8 Å². The van der Waals surface area contributed by atoms with Crippen molar-refractivity contribution in [2.45, 2.75) is 44.9 Å². The molecule has 52 heavy (non-hydrogen) atoms. The van der Waals surface area contributed by atoms with E-state index in [1.807, 2.05) is 24.3 Å². The molecule has 19 heteroatoms. The van der Waals surface area contributed by atoms with Crippen LogP contribution in [0.1, 0.15) is 54.6 Å². The molecule has 290 valence electrons. The standard InChI is InChI=1S/C33H52ClN9O9/c1-47-16-17-48-19-22-51-32(45)39-14-5-2-3-6-15-40-33(46)52-23-20-49-18-21-50-25-11-9-24(10-12-25)8-4-7-13-38-31(37)43-30(44)26-28(35)42-29(36)27(34)41-26/h9-12H,2-8,13-23H2,1H3,(H,39,45)(H,40,46)(H4,35,36,42)(H3,37,38,43,44). The van der Waals surface area contributed by atoms with Crippen LogP contribution < -0.4 is 37.5 Å². The molecular weight excluding hydrogens is 702 g/mol. The minimum atomic E-state index is -0.715. The fraction of sp³-hybridized carbons (Fsp3) is 0.576. The lowest BCUT2D eigenvalue weighted by molar-refractivity contribution is 0.0421. The summed E-state index contributed by atoms with van der Waals surface area (Å²) in [7, 11) is 1.59. The van der Waals surface area contributed by atoms with E-state index in [2.05, 4.69) is 31.2 Å². The third-order valence-electron chi connectivity index (χ3n) is 6.97. The third kappa shape index (κ3) is 20.3. The van der Waals surface area contributed by atoms with Crippen molar-refractivity contribution >= 4 is 47.3 Å². The molecule has 18 nitrogen and oxygen atoms in total. The number of hydrogen-bond acceptors (Lipinski definition) is 14. The quantitative estimate of drug-likeness (QED) is 0.0414. The highest BCUT2D eigenvalue weighted by molar-refractivity contribution is 6.31. The Morgan fingerprint density at radius 2 is 1.27 bits per heavy atom. The van der Waals surface area contributed by atoms with Crippen LogP contribution in [0.5, 0.6) is 5.75 Å². The van der Waals surface area contributed by atoms with Crippen molar-refractivity contribution in [1.29, 1.82) is 5.41 Å². The molecule has 3 amide bonds. The minimum Gasteiger partial charge on any atom is -0.491 e. The van der Waals surface area contributed by atoms with E-state index in [4.69, 9.17) is 56.9 Å². The number of aryl methyl sites for hydroxylation is 1. The van der Waals surface area contributed by atoms with Crippen molar-refractivity contribution < 1.29 is 42.8 Å². The molecule has 0 saturated heterocycles.